The normalized spacial score (nSPS) is 20.1. The summed E-state index contributed by atoms with van der Waals surface area (Å²) >= 11 is 0. The van der Waals surface area contributed by atoms with Crippen molar-refractivity contribution in [3.8, 4) is 11.4 Å². The van der Waals surface area contributed by atoms with E-state index in [0.29, 0.717) is 0 Å². The first-order valence-electron chi connectivity index (χ1n) is 9.27. The van der Waals surface area contributed by atoms with E-state index < -0.39 is 0 Å². The molecule has 2 aliphatic heterocycles. The Balaban J connectivity index is 1.43. The van der Waals surface area contributed by atoms with E-state index in [-0.39, 0.29) is 11.4 Å². The summed E-state index contributed by atoms with van der Waals surface area (Å²) in [5.41, 5.74) is 2.03. The van der Waals surface area contributed by atoms with Gasteiger partial charge in [-0.05, 0) is 49.2 Å². The predicted octanol–water partition coefficient (Wildman–Crippen LogP) is 1.54. The molecule has 0 bridgehead atoms. The molecule has 4 rings (SSSR count). The number of nitrogens with one attached hydrogen (secondary N) is 2. The van der Waals surface area contributed by atoms with Crippen molar-refractivity contribution in [2.75, 3.05) is 33.3 Å². The molecule has 0 unspecified atom stereocenters. The van der Waals surface area contributed by atoms with Gasteiger partial charge in [0.25, 0.3) is 0 Å². The number of likely N-dealkylation sites (tertiary alicyclic amines) is 1. The molecule has 2 fully saturated rings. The summed E-state index contributed by atoms with van der Waals surface area (Å²) in [5.74, 6) is 1.03. The van der Waals surface area contributed by atoms with Crippen molar-refractivity contribution in [3.05, 3.63) is 48.3 Å². The minimum absolute atomic E-state index is 0.171. The zero-order valence-electron chi connectivity index (χ0n) is 15.2. The van der Waals surface area contributed by atoms with Gasteiger partial charge in [0.2, 0.25) is 5.91 Å². The highest BCUT2D eigenvalue weighted by Crippen LogP contribution is 2.26. The van der Waals surface area contributed by atoms with Gasteiger partial charge in [-0.2, -0.15) is 0 Å². The molecule has 2 saturated heterocycles. The molecule has 6 heteroatoms. The standard InChI is InChI=1S/C20H26N4O2/c1-26-18-6-4-16(5-7-18)24-12-2-3-17(24)15-23-13-8-20(9-14-23)19(25)21-10-11-22-20/h2-7,12,22H,8-11,13-15H2,1H3,(H,21,25). The fourth-order valence-corrected chi connectivity index (χ4v) is 3.99. The topological polar surface area (TPSA) is 58.5 Å². The van der Waals surface area contributed by atoms with Gasteiger partial charge in [-0.25, -0.2) is 0 Å². The second kappa shape index (κ2) is 7.13. The van der Waals surface area contributed by atoms with Crippen LogP contribution in [0.15, 0.2) is 42.6 Å². The molecule has 6 nitrogen and oxygen atoms in total. The lowest BCUT2D eigenvalue weighted by Crippen LogP contribution is -2.66. The number of amides is 1. The molecule has 0 atom stereocenters. The van der Waals surface area contributed by atoms with Crippen LogP contribution in [0.4, 0.5) is 0 Å². The first-order chi connectivity index (χ1) is 12.7. The molecule has 1 spiro atoms. The van der Waals surface area contributed by atoms with Gasteiger partial charge < -0.3 is 19.9 Å². The minimum atomic E-state index is -0.354. The molecular formula is C20H26N4O2. The van der Waals surface area contributed by atoms with Gasteiger partial charge >= 0.3 is 0 Å². The summed E-state index contributed by atoms with van der Waals surface area (Å²) in [7, 11) is 1.68. The highest BCUT2D eigenvalue weighted by molar-refractivity contribution is 5.87. The molecule has 2 aromatic rings. The molecule has 0 radical (unpaired) electrons. The molecule has 2 aliphatic rings. The summed E-state index contributed by atoms with van der Waals surface area (Å²) in [6.07, 6.45) is 3.82. The maximum Gasteiger partial charge on any atom is 0.240 e. The van der Waals surface area contributed by atoms with Crippen LogP contribution in [0.1, 0.15) is 18.5 Å². The van der Waals surface area contributed by atoms with Crippen LogP contribution in [0.25, 0.3) is 5.69 Å². The van der Waals surface area contributed by atoms with Crippen molar-refractivity contribution in [1.82, 2.24) is 20.1 Å². The number of nitrogens with zero attached hydrogens (tertiary/aromatic N) is 2. The van der Waals surface area contributed by atoms with Crippen LogP contribution < -0.4 is 15.4 Å². The van der Waals surface area contributed by atoms with E-state index in [1.165, 1.54) is 5.69 Å². The van der Waals surface area contributed by atoms with Gasteiger partial charge in [-0.1, -0.05) is 0 Å². The predicted molar refractivity (Wildman–Crippen MR) is 101 cm³/mol. The Morgan fingerprint density at radius 1 is 1.12 bits per heavy atom. The first kappa shape index (κ1) is 17.1. The average molecular weight is 354 g/mol. The molecule has 2 N–H and O–H groups in total. The number of rotatable bonds is 4. The van der Waals surface area contributed by atoms with Crippen LogP contribution in [0, 0.1) is 0 Å². The fraction of sp³-hybridized carbons (Fsp3) is 0.450. The number of aromatic nitrogens is 1. The zero-order valence-corrected chi connectivity index (χ0v) is 15.2. The van der Waals surface area contributed by atoms with Gasteiger partial charge in [-0.3, -0.25) is 9.69 Å². The Morgan fingerprint density at radius 3 is 2.58 bits per heavy atom. The van der Waals surface area contributed by atoms with Crippen LogP contribution in [0.5, 0.6) is 5.75 Å². The average Bonchev–Trinajstić information content (AvgIpc) is 3.14. The lowest BCUT2D eigenvalue weighted by Gasteiger charge is -2.43. The molecular weight excluding hydrogens is 328 g/mol. The fourth-order valence-electron chi connectivity index (χ4n) is 3.99. The van der Waals surface area contributed by atoms with Crippen molar-refractivity contribution in [1.29, 1.82) is 0 Å². The largest absolute Gasteiger partial charge is 0.497 e. The molecule has 1 aromatic carbocycles. The van der Waals surface area contributed by atoms with Gasteiger partial charge in [0.1, 0.15) is 11.3 Å². The molecule has 26 heavy (non-hydrogen) atoms. The lowest BCUT2D eigenvalue weighted by atomic mass is 9.85. The quantitative estimate of drug-likeness (QED) is 0.875. The van der Waals surface area contributed by atoms with E-state index in [2.05, 4.69) is 50.6 Å². The van der Waals surface area contributed by atoms with Gasteiger partial charge in [-0.15, -0.1) is 0 Å². The number of methoxy groups -OCH3 is 1. The summed E-state index contributed by atoms with van der Waals surface area (Å²) in [5, 5.41) is 6.46. The first-order valence-corrected chi connectivity index (χ1v) is 9.27. The van der Waals surface area contributed by atoms with Crippen molar-refractivity contribution in [2.45, 2.75) is 24.9 Å². The lowest BCUT2D eigenvalue weighted by molar-refractivity contribution is -0.131. The Hall–Kier alpha value is -2.31. The third-order valence-corrected chi connectivity index (χ3v) is 5.59. The number of piperazine rings is 1. The van der Waals surface area contributed by atoms with Gasteiger partial charge in [0.05, 0.1) is 7.11 Å². The Kier molecular flexibility index (Phi) is 4.70. The van der Waals surface area contributed by atoms with E-state index in [1.54, 1.807) is 7.11 Å². The van der Waals surface area contributed by atoms with Gasteiger partial charge in [0, 0.05) is 50.3 Å². The second-order valence-corrected chi connectivity index (χ2v) is 7.11. The molecule has 1 amide bonds. The number of carbonyl (C=O) groups is 1. The van der Waals surface area contributed by atoms with Gasteiger partial charge in [0.15, 0.2) is 0 Å². The second-order valence-electron chi connectivity index (χ2n) is 7.11. The third-order valence-electron chi connectivity index (χ3n) is 5.59. The monoisotopic (exact) mass is 354 g/mol. The van der Waals surface area contributed by atoms with E-state index in [1.807, 2.05) is 12.1 Å². The van der Waals surface area contributed by atoms with Crippen LogP contribution in [-0.2, 0) is 11.3 Å². The van der Waals surface area contributed by atoms with Crippen LogP contribution in [0.2, 0.25) is 0 Å². The summed E-state index contributed by atoms with van der Waals surface area (Å²) in [6, 6.07) is 12.4. The highest BCUT2D eigenvalue weighted by atomic mass is 16.5. The SMILES string of the molecule is COc1ccc(-n2cccc2CN2CCC3(CC2)NCCNC3=O)cc1. The Morgan fingerprint density at radius 2 is 1.88 bits per heavy atom. The molecule has 0 saturated carbocycles. The smallest absolute Gasteiger partial charge is 0.240 e. The maximum absolute atomic E-state index is 12.3. The van der Waals surface area contributed by atoms with E-state index in [4.69, 9.17) is 4.74 Å². The van der Waals surface area contributed by atoms with E-state index in [9.17, 15) is 4.79 Å². The highest BCUT2D eigenvalue weighted by Gasteiger charge is 2.42. The summed E-state index contributed by atoms with van der Waals surface area (Å²) in [6.45, 7) is 4.34. The Bertz CT molecular complexity index is 760. The molecule has 0 aliphatic carbocycles. The maximum atomic E-state index is 12.3. The van der Waals surface area contributed by atoms with E-state index >= 15 is 0 Å². The van der Waals surface area contributed by atoms with Crippen LogP contribution in [0.3, 0.4) is 0 Å². The van der Waals surface area contributed by atoms with E-state index in [0.717, 1.165) is 57.0 Å². The number of piperidine rings is 1. The summed E-state index contributed by atoms with van der Waals surface area (Å²) < 4.78 is 7.46. The van der Waals surface area contributed by atoms with Crippen molar-refractivity contribution in [2.24, 2.45) is 0 Å². The zero-order chi connectivity index (χ0) is 18.0. The third kappa shape index (κ3) is 3.22. The minimum Gasteiger partial charge on any atom is -0.497 e. The number of hydrogen-bond acceptors (Lipinski definition) is 4. The molecule has 3 heterocycles. The summed E-state index contributed by atoms with van der Waals surface area (Å²) in [4.78, 5) is 14.7. The van der Waals surface area contributed by atoms with Crippen molar-refractivity contribution < 1.29 is 9.53 Å². The number of ether oxygens (including phenoxy) is 1. The molecule has 138 valence electrons. The van der Waals surface area contributed by atoms with Crippen molar-refractivity contribution >= 4 is 5.91 Å². The number of benzene rings is 1. The number of hydrogen-bond donors (Lipinski definition) is 2. The van der Waals surface area contributed by atoms with Crippen LogP contribution in [-0.4, -0.2) is 54.2 Å². The Labute approximate surface area is 154 Å². The molecule has 1 aromatic heterocycles. The van der Waals surface area contributed by atoms with Crippen LogP contribution >= 0.6 is 0 Å². The van der Waals surface area contributed by atoms with Crippen molar-refractivity contribution in [3.63, 3.8) is 0 Å². The number of carbonyl (C=O) groups excluding carboxylic acids is 1.